The van der Waals surface area contributed by atoms with E-state index in [2.05, 4.69) is 21.2 Å². The second-order valence-corrected chi connectivity index (χ2v) is 6.70. The SMILES string of the molecule is CCOc1ccc(CN(C)[C@H](C)C(=O)Nc2ccc(Br)cc2F)cc1. The highest BCUT2D eigenvalue weighted by Gasteiger charge is 2.19. The van der Waals surface area contributed by atoms with Crippen molar-refractivity contribution in [2.75, 3.05) is 19.0 Å². The summed E-state index contributed by atoms with van der Waals surface area (Å²) in [6.07, 6.45) is 0. The lowest BCUT2D eigenvalue weighted by Gasteiger charge is -2.24. The summed E-state index contributed by atoms with van der Waals surface area (Å²) in [5.74, 6) is 0.101. The van der Waals surface area contributed by atoms with Crippen LogP contribution in [0.5, 0.6) is 5.75 Å². The molecule has 0 bridgehead atoms. The number of halogens is 2. The number of amides is 1. The maximum Gasteiger partial charge on any atom is 0.241 e. The molecule has 0 radical (unpaired) electrons. The van der Waals surface area contributed by atoms with E-state index in [-0.39, 0.29) is 11.6 Å². The topological polar surface area (TPSA) is 41.6 Å². The fourth-order valence-corrected chi connectivity index (χ4v) is 2.64. The molecule has 1 atom stereocenters. The third-order valence-corrected chi connectivity index (χ3v) is 4.39. The highest BCUT2D eigenvalue weighted by atomic mass is 79.9. The van der Waals surface area contributed by atoms with Crippen LogP contribution >= 0.6 is 15.9 Å². The van der Waals surface area contributed by atoms with Crippen molar-refractivity contribution in [2.45, 2.75) is 26.4 Å². The molecule has 1 amide bonds. The zero-order chi connectivity index (χ0) is 18.4. The third-order valence-electron chi connectivity index (χ3n) is 3.90. The first kappa shape index (κ1) is 19.4. The molecule has 2 aromatic rings. The Balaban J connectivity index is 1.96. The molecule has 0 unspecified atom stereocenters. The van der Waals surface area contributed by atoms with Crippen LogP contribution in [0.4, 0.5) is 10.1 Å². The minimum absolute atomic E-state index is 0.175. The molecule has 0 aliphatic carbocycles. The zero-order valence-electron chi connectivity index (χ0n) is 14.6. The number of rotatable bonds is 7. The predicted octanol–water partition coefficient (Wildman–Crippen LogP) is 4.45. The van der Waals surface area contributed by atoms with E-state index in [1.54, 1.807) is 13.0 Å². The Kier molecular flexibility index (Phi) is 6.96. The van der Waals surface area contributed by atoms with Crippen molar-refractivity contribution in [3.8, 4) is 5.75 Å². The van der Waals surface area contributed by atoms with Gasteiger partial charge in [-0.2, -0.15) is 0 Å². The average Bonchev–Trinajstić information content (AvgIpc) is 2.58. The molecule has 1 N–H and O–H groups in total. The third kappa shape index (κ3) is 5.54. The van der Waals surface area contributed by atoms with Crippen molar-refractivity contribution < 1.29 is 13.9 Å². The Morgan fingerprint density at radius 1 is 1.28 bits per heavy atom. The lowest BCUT2D eigenvalue weighted by molar-refractivity contribution is -0.120. The molecule has 0 saturated carbocycles. The van der Waals surface area contributed by atoms with Crippen molar-refractivity contribution >= 4 is 27.5 Å². The van der Waals surface area contributed by atoms with Gasteiger partial charge in [-0.15, -0.1) is 0 Å². The van der Waals surface area contributed by atoms with E-state index in [0.717, 1.165) is 11.3 Å². The molecule has 134 valence electrons. The van der Waals surface area contributed by atoms with Gasteiger partial charge in [0.25, 0.3) is 0 Å². The highest BCUT2D eigenvalue weighted by molar-refractivity contribution is 9.10. The maximum absolute atomic E-state index is 13.9. The van der Waals surface area contributed by atoms with E-state index in [1.165, 1.54) is 12.1 Å². The number of hydrogen-bond donors (Lipinski definition) is 1. The van der Waals surface area contributed by atoms with Gasteiger partial charge in [-0.25, -0.2) is 4.39 Å². The van der Waals surface area contributed by atoms with Crippen LogP contribution < -0.4 is 10.1 Å². The van der Waals surface area contributed by atoms with Gasteiger partial charge in [0, 0.05) is 11.0 Å². The molecule has 0 aliphatic rings. The van der Waals surface area contributed by atoms with Gasteiger partial charge in [-0.05, 0) is 56.8 Å². The Bertz CT molecular complexity index is 722. The minimum Gasteiger partial charge on any atom is -0.494 e. The van der Waals surface area contributed by atoms with Crippen LogP contribution in [0.1, 0.15) is 19.4 Å². The van der Waals surface area contributed by atoms with Gasteiger partial charge in [0.05, 0.1) is 18.3 Å². The quantitative estimate of drug-likeness (QED) is 0.735. The molecular weight excluding hydrogens is 387 g/mol. The van der Waals surface area contributed by atoms with Crippen LogP contribution in [0, 0.1) is 5.82 Å². The summed E-state index contributed by atoms with van der Waals surface area (Å²) in [5.41, 5.74) is 1.25. The summed E-state index contributed by atoms with van der Waals surface area (Å²) in [7, 11) is 1.86. The highest BCUT2D eigenvalue weighted by Crippen LogP contribution is 2.20. The monoisotopic (exact) mass is 408 g/mol. The number of nitrogens with zero attached hydrogens (tertiary/aromatic N) is 1. The van der Waals surface area contributed by atoms with E-state index >= 15 is 0 Å². The second kappa shape index (κ2) is 8.97. The first-order valence-corrected chi connectivity index (χ1v) is 8.88. The molecule has 0 aromatic heterocycles. The van der Waals surface area contributed by atoms with Gasteiger partial charge in [-0.1, -0.05) is 28.1 Å². The fraction of sp³-hybridized carbons (Fsp3) is 0.316. The Morgan fingerprint density at radius 2 is 1.96 bits per heavy atom. The van der Waals surface area contributed by atoms with Gasteiger partial charge in [0.1, 0.15) is 11.6 Å². The molecule has 2 rings (SSSR count). The largest absolute Gasteiger partial charge is 0.494 e. The first-order chi connectivity index (χ1) is 11.9. The number of likely N-dealkylation sites (N-methyl/N-ethyl adjacent to an activating group) is 1. The fourth-order valence-electron chi connectivity index (χ4n) is 2.31. The van der Waals surface area contributed by atoms with Crippen LogP contribution in [0.25, 0.3) is 0 Å². The molecular formula is C19H22BrFN2O2. The Morgan fingerprint density at radius 3 is 2.56 bits per heavy atom. The normalized spacial score (nSPS) is 12.1. The van der Waals surface area contributed by atoms with Gasteiger partial charge in [-0.3, -0.25) is 9.69 Å². The van der Waals surface area contributed by atoms with E-state index in [1.807, 2.05) is 43.1 Å². The number of carbonyl (C=O) groups excluding carboxylic acids is 1. The van der Waals surface area contributed by atoms with E-state index < -0.39 is 11.9 Å². The summed E-state index contributed by atoms with van der Waals surface area (Å²) in [4.78, 5) is 14.3. The Hall–Kier alpha value is -1.92. The van der Waals surface area contributed by atoms with Gasteiger partial charge in [0.15, 0.2) is 0 Å². The van der Waals surface area contributed by atoms with Gasteiger partial charge >= 0.3 is 0 Å². The van der Waals surface area contributed by atoms with Gasteiger partial charge in [0.2, 0.25) is 5.91 Å². The minimum atomic E-state index is -0.468. The molecule has 0 saturated heterocycles. The number of hydrogen-bond acceptors (Lipinski definition) is 3. The predicted molar refractivity (Wildman–Crippen MR) is 101 cm³/mol. The molecule has 6 heteroatoms. The van der Waals surface area contributed by atoms with E-state index in [4.69, 9.17) is 4.74 Å². The van der Waals surface area contributed by atoms with E-state index in [9.17, 15) is 9.18 Å². The number of nitrogens with one attached hydrogen (secondary N) is 1. The van der Waals surface area contributed by atoms with E-state index in [0.29, 0.717) is 17.6 Å². The van der Waals surface area contributed by atoms with Crippen LogP contribution in [0.15, 0.2) is 46.9 Å². The average molecular weight is 409 g/mol. The molecule has 0 fully saturated rings. The summed E-state index contributed by atoms with van der Waals surface area (Å²) >= 11 is 3.20. The summed E-state index contributed by atoms with van der Waals surface area (Å²) in [6.45, 7) is 4.96. The molecule has 0 heterocycles. The molecule has 4 nitrogen and oxygen atoms in total. The first-order valence-electron chi connectivity index (χ1n) is 8.08. The van der Waals surface area contributed by atoms with Gasteiger partial charge < -0.3 is 10.1 Å². The smallest absolute Gasteiger partial charge is 0.241 e. The van der Waals surface area contributed by atoms with Crippen molar-refractivity contribution in [1.82, 2.24) is 4.90 Å². The summed E-state index contributed by atoms with van der Waals surface area (Å²) < 4.78 is 19.9. The van der Waals surface area contributed by atoms with Crippen LogP contribution in [0.2, 0.25) is 0 Å². The lowest BCUT2D eigenvalue weighted by atomic mass is 10.1. The maximum atomic E-state index is 13.9. The molecule has 2 aromatic carbocycles. The summed E-state index contributed by atoms with van der Waals surface area (Å²) in [5, 5.41) is 2.63. The van der Waals surface area contributed by atoms with Crippen molar-refractivity contribution in [1.29, 1.82) is 0 Å². The van der Waals surface area contributed by atoms with Crippen molar-refractivity contribution in [2.24, 2.45) is 0 Å². The summed E-state index contributed by atoms with van der Waals surface area (Å²) in [6, 6.07) is 11.9. The number of carbonyl (C=O) groups is 1. The number of benzene rings is 2. The molecule has 0 aliphatic heterocycles. The van der Waals surface area contributed by atoms with Crippen LogP contribution in [-0.2, 0) is 11.3 Å². The zero-order valence-corrected chi connectivity index (χ0v) is 16.1. The van der Waals surface area contributed by atoms with Crippen molar-refractivity contribution in [3.63, 3.8) is 0 Å². The number of ether oxygens (including phenoxy) is 1. The number of anilines is 1. The van der Waals surface area contributed by atoms with Crippen LogP contribution in [0.3, 0.4) is 0 Å². The lowest BCUT2D eigenvalue weighted by Crippen LogP contribution is -2.39. The van der Waals surface area contributed by atoms with Crippen molar-refractivity contribution in [3.05, 3.63) is 58.3 Å². The standard InChI is InChI=1S/C19H22BrFN2O2/c1-4-25-16-8-5-14(6-9-16)12-23(3)13(2)19(24)22-18-10-7-15(20)11-17(18)21/h5-11,13H,4,12H2,1-3H3,(H,22,24)/t13-/m1/s1. The second-order valence-electron chi connectivity index (χ2n) is 5.78. The van der Waals surface area contributed by atoms with Crippen LogP contribution in [-0.4, -0.2) is 30.5 Å². The molecule has 0 spiro atoms. The molecule has 25 heavy (non-hydrogen) atoms. The Labute approximate surface area is 156 Å².